The first-order valence-corrected chi connectivity index (χ1v) is 9.79. The molecule has 1 atom stereocenters. The summed E-state index contributed by atoms with van der Waals surface area (Å²) in [5.41, 5.74) is 0. The molecule has 2 fully saturated rings. The Kier molecular flexibility index (Phi) is 7.84. The van der Waals surface area contributed by atoms with Gasteiger partial charge in [-0.05, 0) is 31.6 Å². The molecule has 24 heavy (non-hydrogen) atoms. The zero-order valence-corrected chi connectivity index (χ0v) is 14.8. The summed E-state index contributed by atoms with van der Waals surface area (Å²) >= 11 is 1.29. The summed E-state index contributed by atoms with van der Waals surface area (Å²) in [5, 5.41) is 15.1. The van der Waals surface area contributed by atoms with Crippen molar-refractivity contribution in [1.82, 2.24) is 15.5 Å². The zero-order valence-electron chi connectivity index (χ0n) is 14.0. The van der Waals surface area contributed by atoms with Crippen LogP contribution >= 0.6 is 11.8 Å². The smallest absolute Gasteiger partial charge is 0.251 e. The Hall–Kier alpha value is -1.28. The molecule has 3 amide bonds. The number of rotatable bonds is 9. The predicted octanol–water partition coefficient (Wildman–Crippen LogP) is -0.265. The van der Waals surface area contributed by atoms with Crippen molar-refractivity contribution >= 4 is 29.5 Å². The maximum Gasteiger partial charge on any atom is 0.251 e. The maximum absolute atomic E-state index is 11.7. The lowest BCUT2D eigenvalue weighted by Gasteiger charge is -2.29. The van der Waals surface area contributed by atoms with Crippen LogP contribution in [0.5, 0.6) is 0 Å². The molecule has 0 aromatic heterocycles. The number of hydrogen-bond donors (Lipinski definition) is 3. The summed E-state index contributed by atoms with van der Waals surface area (Å²) in [6.07, 6.45) is 4.06. The van der Waals surface area contributed by atoms with Gasteiger partial charge in [-0.2, -0.15) is 0 Å². The fourth-order valence-corrected chi connectivity index (χ4v) is 3.44. The van der Waals surface area contributed by atoms with Crippen molar-refractivity contribution in [3.8, 4) is 0 Å². The number of piperidine rings is 1. The van der Waals surface area contributed by atoms with Crippen LogP contribution in [0.25, 0.3) is 0 Å². The van der Waals surface area contributed by atoms with Crippen LogP contribution in [-0.4, -0.2) is 71.5 Å². The molecule has 0 bridgehead atoms. The van der Waals surface area contributed by atoms with E-state index in [-0.39, 0.29) is 29.2 Å². The number of carbonyl (C=O) groups is 3. The van der Waals surface area contributed by atoms with Crippen LogP contribution in [0.15, 0.2) is 0 Å². The van der Waals surface area contributed by atoms with Crippen LogP contribution in [0.1, 0.15) is 32.1 Å². The number of hydrogen-bond acceptors (Lipinski definition) is 5. The van der Waals surface area contributed by atoms with Gasteiger partial charge in [0.25, 0.3) is 5.91 Å². The first-order chi connectivity index (χ1) is 11.6. The third-order valence-electron chi connectivity index (χ3n) is 4.49. The number of amides is 3. The lowest BCUT2D eigenvalue weighted by Crippen LogP contribution is -2.47. The van der Waals surface area contributed by atoms with Gasteiger partial charge in [0.15, 0.2) is 0 Å². The van der Waals surface area contributed by atoms with E-state index in [0.717, 1.165) is 13.0 Å². The van der Waals surface area contributed by atoms with Gasteiger partial charge in [0.1, 0.15) is 6.10 Å². The van der Waals surface area contributed by atoms with Crippen molar-refractivity contribution in [2.45, 2.75) is 38.2 Å². The van der Waals surface area contributed by atoms with Crippen molar-refractivity contribution in [2.24, 2.45) is 5.92 Å². The van der Waals surface area contributed by atoms with Crippen LogP contribution in [0.3, 0.4) is 0 Å². The highest BCUT2D eigenvalue weighted by Gasteiger charge is 2.26. The van der Waals surface area contributed by atoms with Gasteiger partial charge in [-0.1, -0.05) is 6.42 Å². The highest BCUT2D eigenvalue weighted by Crippen LogP contribution is 2.25. The standard InChI is InChI=1S/C16H27N3O4S/c20-13-5-2-7-19(16(13)23)8-6-17-14(21)10-24-11-15(22)18-9-12-3-1-4-12/h12-13,20H,1-11H2,(H,17,21)(H,18,22)/t13-/m1/s1. The van der Waals surface area contributed by atoms with E-state index in [0.29, 0.717) is 32.0 Å². The summed E-state index contributed by atoms with van der Waals surface area (Å²) in [7, 11) is 0. The van der Waals surface area contributed by atoms with Crippen molar-refractivity contribution in [1.29, 1.82) is 0 Å². The van der Waals surface area contributed by atoms with Crippen molar-refractivity contribution in [2.75, 3.05) is 37.7 Å². The highest BCUT2D eigenvalue weighted by molar-refractivity contribution is 8.00. The van der Waals surface area contributed by atoms with Crippen molar-refractivity contribution in [3.63, 3.8) is 0 Å². The number of aliphatic hydroxyl groups excluding tert-OH is 1. The second-order valence-corrected chi connectivity index (χ2v) is 7.41. The van der Waals surface area contributed by atoms with Gasteiger partial charge < -0.3 is 20.6 Å². The molecule has 8 heteroatoms. The molecule has 1 aliphatic carbocycles. The van der Waals surface area contributed by atoms with E-state index < -0.39 is 6.10 Å². The number of nitrogens with one attached hydrogen (secondary N) is 2. The van der Waals surface area contributed by atoms with Gasteiger partial charge in [0.2, 0.25) is 11.8 Å². The van der Waals surface area contributed by atoms with E-state index in [4.69, 9.17) is 0 Å². The summed E-state index contributed by atoms with van der Waals surface area (Å²) in [6.45, 7) is 2.16. The Labute approximate surface area is 146 Å². The average Bonchev–Trinajstić information content (AvgIpc) is 2.50. The van der Waals surface area contributed by atoms with Gasteiger partial charge in [0, 0.05) is 26.2 Å². The van der Waals surface area contributed by atoms with Crippen molar-refractivity contribution < 1.29 is 19.5 Å². The molecule has 0 unspecified atom stereocenters. The third-order valence-corrected chi connectivity index (χ3v) is 5.42. The van der Waals surface area contributed by atoms with Gasteiger partial charge in [-0.3, -0.25) is 14.4 Å². The van der Waals surface area contributed by atoms with Crippen LogP contribution in [-0.2, 0) is 14.4 Å². The first-order valence-electron chi connectivity index (χ1n) is 8.64. The normalized spacial score (nSPS) is 21.3. The summed E-state index contributed by atoms with van der Waals surface area (Å²) in [5.74, 6) is 0.736. The molecule has 3 N–H and O–H groups in total. The van der Waals surface area contributed by atoms with E-state index >= 15 is 0 Å². The lowest BCUT2D eigenvalue weighted by molar-refractivity contribution is -0.143. The lowest BCUT2D eigenvalue weighted by atomic mass is 9.85. The van der Waals surface area contributed by atoms with Crippen LogP contribution in [0.4, 0.5) is 0 Å². The summed E-state index contributed by atoms with van der Waals surface area (Å²) in [4.78, 5) is 36.6. The minimum atomic E-state index is -0.900. The quantitative estimate of drug-likeness (QED) is 0.528. The number of aliphatic hydroxyl groups is 1. The molecule has 1 heterocycles. The van der Waals surface area contributed by atoms with Crippen LogP contribution in [0, 0.1) is 5.92 Å². The molecular formula is C16H27N3O4S. The van der Waals surface area contributed by atoms with E-state index in [1.165, 1.54) is 31.0 Å². The molecule has 136 valence electrons. The van der Waals surface area contributed by atoms with Crippen LogP contribution in [0.2, 0.25) is 0 Å². The maximum atomic E-state index is 11.7. The Morgan fingerprint density at radius 1 is 1.12 bits per heavy atom. The Morgan fingerprint density at radius 2 is 1.83 bits per heavy atom. The molecule has 1 saturated heterocycles. The molecule has 0 aromatic rings. The minimum absolute atomic E-state index is 0.0207. The fraction of sp³-hybridized carbons (Fsp3) is 0.812. The van der Waals surface area contributed by atoms with Gasteiger partial charge in [-0.25, -0.2) is 0 Å². The SMILES string of the molecule is O=C(CSCC(=O)NCC1CCC1)NCCN1CCC[C@@H](O)C1=O. The summed E-state index contributed by atoms with van der Waals surface area (Å²) in [6, 6.07) is 0. The Balaban J connectivity index is 1.48. The van der Waals surface area contributed by atoms with Gasteiger partial charge >= 0.3 is 0 Å². The third kappa shape index (κ3) is 6.32. The predicted molar refractivity (Wildman–Crippen MR) is 92.5 cm³/mol. The molecule has 1 aliphatic heterocycles. The van der Waals surface area contributed by atoms with E-state index in [9.17, 15) is 19.5 Å². The number of carbonyl (C=O) groups excluding carboxylic acids is 3. The Bertz CT molecular complexity index is 457. The first kappa shape index (κ1) is 19.1. The average molecular weight is 357 g/mol. The number of thioether (sulfide) groups is 1. The molecular weight excluding hydrogens is 330 g/mol. The largest absolute Gasteiger partial charge is 0.383 e. The molecule has 0 spiro atoms. The summed E-state index contributed by atoms with van der Waals surface area (Å²) < 4.78 is 0. The highest BCUT2D eigenvalue weighted by atomic mass is 32.2. The minimum Gasteiger partial charge on any atom is -0.383 e. The van der Waals surface area contributed by atoms with Gasteiger partial charge in [-0.15, -0.1) is 11.8 Å². The topological polar surface area (TPSA) is 98.7 Å². The second kappa shape index (κ2) is 9.88. The van der Waals surface area contributed by atoms with Gasteiger partial charge in [0.05, 0.1) is 11.5 Å². The monoisotopic (exact) mass is 357 g/mol. The Morgan fingerprint density at radius 3 is 2.50 bits per heavy atom. The van der Waals surface area contributed by atoms with E-state index in [1.807, 2.05) is 0 Å². The molecule has 0 aromatic carbocycles. The fourth-order valence-electron chi connectivity index (χ4n) is 2.77. The van der Waals surface area contributed by atoms with Crippen molar-refractivity contribution in [3.05, 3.63) is 0 Å². The molecule has 1 saturated carbocycles. The van der Waals surface area contributed by atoms with Crippen LogP contribution < -0.4 is 10.6 Å². The molecule has 2 aliphatic rings. The zero-order chi connectivity index (χ0) is 17.4. The van der Waals surface area contributed by atoms with E-state index in [2.05, 4.69) is 10.6 Å². The second-order valence-electron chi connectivity index (χ2n) is 6.43. The molecule has 2 rings (SSSR count). The number of nitrogens with zero attached hydrogens (tertiary/aromatic N) is 1. The molecule has 0 radical (unpaired) electrons. The van der Waals surface area contributed by atoms with E-state index in [1.54, 1.807) is 4.90 Å². The molecule has 7 nitrogen and oxygen atoms in total. The number of likely N-dealkylation sites (tertiary alicyclic amines) is 1.